The Morgan fingerprint density at radius 2 is 2.19 bits per heavy atom. The van der Waals surface area contributed by atoms with Crippen LogP contribution in [0.15, 0.2) is 47.0 Å². The lowest BCUT2D eigenvalue weighted by atomic mass is 10.2. The summed E-state index contributed by atoms with van der Waals surface area (Å²) in [4.78, 5) is 11.1. The summed E-state index contributed by atoms with van der Waals surface area (Å²) in [5.74, 6) is -0.364. The van der Waals surface area contributed by atoms with Crippen molar-refractivity contribution in [2.75, 3.05) is 6.61 Å². The first kappa shape index (κ1) is 12.7. The van der Waals surface area contributed by atoms with E-state index in [2.05, 4.69) is 22.5 Å². The number of hydrogen-bond acceptors (Lipinski definition) is 2. The molecule has 0 N–H and O–H groups in total. The highest BCUT2D eigenvalue weighted by atomic mass is 79.9. The van der Waals surface area contributed by atoms with E-state index < -0.39 is 0 Å². The molecule has 0 unspecified atom stereocenters. The highest BCUT2D eigenvalue weighted by Gasteiger charge is 2.00. The summed E-state index contributed by atoms with van der Waals surface area (Å²) in [6.45, 7) is 5.38. The summed E-state index contributed by atoms with van der Waals surface area (Å²) in [6, 6.07) is 7.83. The minimum Gasteiger partial charge on any atom is -0.458 e. The molecule has 0 aliphatic heterocycles. The largest absolute Gasteiger partial charge is 0.458 e. The Bertz CT molecular complexity index is 422. The van der Waals surface area contributed by atoms with Crippen molar-refractivity contribution in [2.45, 2.75) is 6.92 Å². The predicted octanol–water partition coefficient (Wildman–Crippen LogP) is 3.58. The predicted molar refractivity (Wildman–Crippen MR) is 68.9 cm³/mol. The van der Waals surface area contributed by atoms with Crippen LogP contribution in [0.1, 0.15) is 12.5 Å². The van der Waals surface area contributed by atoms with Crippen LogP contribution in [0.5, 0.6) is 0 Å². The second kappa shape index (κ2) is 6.28. The third-order valence-electron chi connectivity index (χ3n) is 1.86. The number of hydrogen-bond donors (Lipinski definition) is 0. The van der Waals surface area contributed by atoms with Crippen LogP contribution < -0.4 is 0 Å². The maximum absolute atomic E-state index is 11.1. The van der Waals surface area contributed by atoms with E-state index in [1.165, 1.54) is 0 Å². The van der Waals surface area contributed by atoms with E-state index >= 15 is 0 Å². The van der Waals surface area contributed by atoms with E-state index in [1.807, 2.05) is 30.3 Å². The van der Waals surface area contributed by atoms with E-state index in [0.29, 0.717) is 5.57 Å². The van der Waals surface area contributed by atoms with Crippen molar-refractivity contribution in [1.29, 1.82) is 0 Å². The second-order valence-electron chi connectivity index (χ2n) is 3.30. The van der Waals surface area contributed by atoms with E-state index in [0.717, 1.165) is 10.0 Å². The Morgan fingerprint density at radius 3 is 2.81 bits per heavy atom. The zero-order valence-electron chi connectivity index (χ0n) is 9.07. The Hall–Kier alpha value is -1.35. The van der Waals surface area contributed by atoms with E-state index in [-0.39, 0.29) is 12.6 Å². The number of carbonyl (C=O) groups is 1. The van der Waals surface area contributed by atoms with Gasteiger partial charge < -0.3 is 4.74 Å². The van der Waals surface area contributed by atoms with Gasteiger partial charge in [0.25, 0.3) is 0 Å². The molecule has 84 valence electrons. The van der Waals surface area contributed by atoms with Crippen molar-refractivity contribution in [3.63, 3.8) is 0 Å². The monoisotopic (exact) mass is 280 g/mol. The molecule has 0 fully saturated rings. The number of rotatable bonds is 4. The van der Waals surface area contributed by atoms with Crippen molar-refractivity contribution in [3.8, 4) is 0 Å². The van der Waals surface area contributed by atoms with E-state index in [9.17, 15) is 4.79 Å². The van der Waals surface area contributed by atoms with Gasteiger partial charge in [0.2, 0.25) is 0 Å². The molecule has 0 aromatic heterocycles. The van der Waals surface area contributed by atoms with Crippen molar-refractivity contribution in [3.05, 3.63) is 52.5 Å². The fourth-order valence-corrected chi connectivity index (χ4v) is 1.45. The Balaban J connectivity index is 2.47. The van der Waals surface area contributed by atoms with Crippen LogP contribution in [0.2, 0.25) is 0 Å². The minimum absolute atomic E-state index is 0.257. The zero-order chi connectivity index (χ0) is 12.0. The summed E-state index contributed by atoms with van der Waals surface area (Å²) in [5, 5.41) is 0. The lowest BCUT2D eigenvalue weighted by molar-refractivity contribution is -0.137. The molecule has 1 rings (SSSR count). The molecule has 0 heterocycles. The Kier molecular flexibility index (Phi) is 4.99. The number of esters is 1. The van der Waals surface area contributed by atoms with Gasteiger partial charge in [-0.3, -0.25) is 0 Å². The van der Waals surface area contributed by atoms with Crippen LogP contribution >= 0.6 is 15.9 Å². The summed E-state index contributed by atoms with van der Waals surface area (Å²) in [7, 11) is 0. The number of ether oxygens (including phenoxy) is 1. The summed E-state index contributed by atoms with van der Waals surface area (Å²) in [5.41, 5.74) is 1.46. The van der Waals surface area contributed by atoms with Crippen molar-refractivity contribution < 1.29 is 9.53 Å². The van der Waals surface area contributed by atoms with Crippen LogP contribution in [0, 0.1) is 0 Å². The molecule has 0 aliphatic rings. The summed E-state index contributed by atoms with van der Waals surface area (Å²) < 4.78 is 5.94. The third kappa shape index (κ3) is 4.03. The second-order valence-corrected chi connectivity index (χ2v) is 4.16. The molecular formula is C13H13BrO2. The molecule has 0 atom stereocenters. The van der Waals surface area contributed by atoms with Gasteiger partial charge >= 0.3 is 5.97 Å². The quantitative estimate of drug-likeness (QED) is 0.623. The standard InChI is InChI=1S/C13H13BrO2/c1-10(2)13(15)16-9-5-7-11-6-3-4-8-12(11)14/h3-8H,1,9H2,2H3/b7-5+. The molecule has 2 nitrogen and oxygen atoms in total. The lowest BCUT2D eigenvalue weighted by Gasteiger charge is -2.00. The molecule has 0 bridgehead atoms. The molecule has 3 heteroatoms. The first-order valence-electron chi connectivity index (χ1n) is 4.85. The maximum atomic E-state index is 11.1. The van der Waals surface area contributed by atoms with Gasteiger partial charge in [0.15, 0.2) is 0 Å². The van der Waals surface area contributed by atoms with Gasteiger partial charge in [-0.05, 0) is 24.6 Å². The third-order valence-corrected chi connectivity index (χ3v) is 2.58. The molecule has 1 aromatic carbocycles. The molecule has 0 amide bonds. The normalized spacial score (nSPS) is 10.4. The van der Waals surface area contributed by atoms with Crippen LogP contribution in [-0.2, 0) is 9.53 Å². The van der Waals surface area contributed by atoms with Crippen LogP contribution in [0.25, 0.3) is 6.08 Å². The highest BCUT2D eigenvalue weighted by Crippen LogP contribution is 2.16. The van der Waals surface area contributed by atoms with Crippen molar-refractivity contribution in [2.24, 2.45) is 0 Å². The molecular weight excluding hydrogens is 268 g/mol. The van der Waals surface area contributed by atoms with Gasteiger partial charge in [-0.2, -0.15) is 0 Å². The van der Waals surface area contributed by atoms with Crippen molar-refractivity contribution in [1.82, 2.24) is 0 Å². The average Bonchev–Trinajstić information content (AvgIpc) is 2.26. The van der Waals surface area contributed by atoms with E-state index in [1.54, 1.807) is 13.0 Å². The molecule has 0 aliphatic carbocycles. The van der Waals surface area contributed by atoms with Crippen molar-refractivity contribution >= 4 is 28.0 Å². The fourth-order valence-electron chi connectivity index (χ4n) is 1.03. The van der Waals surface area contributed by atoms with Gasteiger partial charge in [0, 0.05) is 10.0 Å². The summed E-state index contributed by atoms with van der Waals surface area (Å²) >= 11 is 3.43. The SMILES string of the molecule is C=C(C)C(=O)OC/C=C/c1ccccc1Br. The van der Waals surface area contributed by atoms with Gasteiger partial charge in [0.1, 0.15) is 6.61 Å². The molecule has 16 heavy (non-hydrogen) atoms. The first-order chi connectivity index (χ1) is 7.61. The van der Waals surface area contributed by atoms with Crippen LogP contribution in [0.4, 0.5) is 0 Å². The molecule has 1 aromatic rings. The van der Waals surface area contributed by atoms with Gasteiger partial charge in [-0.25, -0.2) is 4.79 Å². The van der Waals surface area contributed by atoms with Gasteiger partial charge in [0.05, 0.1) is 0 Å². The van der Waals surface area contributed by atoms with Gasteiger partial charge in [-0.15, -0.1) is 0 Å². The van der Waals surface area contributed by atoms with Gasteiger partial charge in [-0.1, -0.05) is 46.8 Å². The number of carbonyl (C=O) groups excluding carboxylic acids is 1. The minimum atomic E-state index is -0.364. The maximum Gasteiger partial charge on any atom is 0.333 e. The topological polar surface area (TPSA) is 26.3 Å². The van der Waals surface area contributed by atoms with E-state index in [4.69, 9.17) is 4.74 Å². The average molecular weight is 281 g/mol. The fraction of sp³-hybridized carbons (Fsp3) is 0.154. The first-order valence-corrected chi connectivity index (χ1v) is 5.64. The zero-order valence-corrected chi connectivity index (χ0v) is 10.7. The lowest BCUT2D eigenvalue weighted by Crippen LogP contribution is -2.04. The molecule has 0 saturated heterocycles. The smallest absolute Gasteiger partial charge is 0.333 e. The summed E-state index contributed by atoms with van der Waals surface area (Å²) in [6.07, 6.45) is 3.69. The van der Waals surface area contributed by atoms with Crippen LogP contribution in [-0.4, -0.2) is 12.6 Å². The number of halogens is 1. The molecule has 0 spiro atoms. The molecule has 0 radical (unpaired) electrons. The highest BCUT2D eigenvalue weighted by molar-refractivity contribution is 9.10. The number of benzene rings is 1. The molecule has 0 saturated carbocycles. The van der Waals surface area contributed by atoms with Crippen LogP contribution in [0.3, 0.4) is 0 Å². The Labute approximate surface area is 104 Å². The Morgan fingerprint density at radius 1 is 1.50 bits per heavy atom.